The molecule has 1 nitrogen and oxygen atoms in total. The van der Waals surface area contributed by atoms with E-state index >= 15 is 0 Å². The van der Waals surface area contributed by atoms with Crippen molar-refractivity contribution in [2.75, 3.05) is 0 Å². The Morgan fingerprint density at radius 1 is 1.17 bits per heavy atom. The van der Waals surface area contributed by atoms with Crippen LogP contribution < -0.4 is 5.73 Å². The second kappa shape index (κ2) is 6.03. The minimum atomic E-state index is -0.185. The third-order valence-electron chi connectivity index (χ3n) is 2.73. The number of aryl methyl sites for hydroxylation is 1. The van der Waals surface area contributed by atoms with Crippen molar-refractivity contribution in [3.63, 3.8) is 0 Å². The van der Waals surface area contributed by atoms with Crippen molar-refractivity contribution in [1.82, 2.24) is 0 Å². The first kappa shape index (κ1) is 13.1. The highest BCUT2D eigenvalue weighted by Gasteiger charge is 2.08. The van der Waals surface area contributed by atoms with Crippen molar-refractivity contribution < 1.29 is 4.39 Å². The summed E-state index contributed by atoms with van der Waals surface area (Å²) in [7, 11) is 0. The number of benzene rings is 2. The van der Waals surface area contributed by atoms with E-state index in [1.165, 1.54) is 29.0 Å². The van der Waals surface area contributed by atoms with E-state index < -0.39 is 0 Å². The number of halogens is 1. The molecule has 0 amide bonds. The summed E-state index contributed by atoms with van der Waals surface area (Å²) in [6.07, 6.45) is 0. The zero-order valence-electron chi connectivity index (χ0n) is 10.3. The standard InChI is InChI=1S/C15H16FNS/c1-11-4-2-5-12(8-11)10-18-15-13(9-17)6-3-7-14(15)16/h2-8H,9-10,17H2,1H3. The van der Waals surface area contributed by atoms with Crippen LogP contribution in [0.5, 0.6) is 0 Å². The molecular weight excluding hydrogens is 245 g/mol. The summed E-state index contributed by atoms with van der Waals surface area (Å²) >= 11 is 1.51. The van der Waals surface area contributed by atoms with Crippen LogP contribution in [0.15, 0.2) is 47.4 Å². The summed E-state index contributed by atoms with van der Waals surface area (Å²) in [5, 5.41) is 0. The fourth-order valence-electron chi connectivity index (χ4n) is 1.83. The molecule has 0 bridgehead atoms. The lowest BCUT2D eigenvalue weighted by atomic mass is 10.2. The van der Waals surface area contributed by atoms with Gasteiger partial charge in [0.2, 0.25) is 0 Å². The molecule has 0 saturated carbocycles. The van der Waals surface area contributed by atoms with E-state index in [0.29, 0.717) is 11.4 Å². The van der Waals surface area contributed by atoms with Gasteiger partial charge in [0.1, 0.15) is 5.82 Å². The Labute approximate surface area is 111 Å². The highest BCUT2D eigenvalue weighted by molar-refractivity contribution is 7.98. The van der Waals surface area contributed by atoms with E-state index in [9.17, 15) is 4.39 Å². The lowest BCUT2D eigenvalue weighted by Gasteiger charge is -2.09. The third kappa shape index (κ3) is 3.12. The molecule has 2 N–H and O–H groups in total. The highest BCUT2D eigenvalue weighted by Crippen LogP contribution is 2.29. The van der Waals surface area contributed by atoms with Crippen molar-refractivity contribution in [3.8, 4) is 0 Å². The molecular formula is C15H16FNS. The summed E-state index contributed by atoms with van der Waals surface area (Å²) in [5.74, 6) is 0.575. The average Bonchev–Trinajstić information content (AvgIpc) is 2.37. The summed E-state index contributed by atoms with van der Waals surface area (Å²) < 4.78 is 13.7. The van der Waals surface area contributed by atoms with Crippen molar-refractivity contribution in [1.29, 1.82) is 0 Å². The van der Waals surface area contributed by atoms with Crippen LogP contribution in [0.1, 0.15) is 16.7 Å². The van der Waals surface area contributed by atoms with Crippen molar-refractivity contribution in [3.05, 3.63) is 65.0 Å². The maximum Gasteiger partial charge on any atom is 0.137 e. The van der Waals surface area contributed by atoms with Gasteiger partial charge in [0.25, 0.3) is 0 Å². The largest absolute Gasteiger partial charge is 0.326 e. The molecule has 0 fully saturated rings. The monoisotopic (exact) mass is 261 g/mol. The average molecular weight is 261 g/mol. The van der Waals surface area contributed by atoms with E-state index in [1.54, 1.807) is 6.07 Å². The van der Waals surface area contributed by atoms with Gasteiger partial charge in [-0.3, -0.25) is 0 Å². The van der Waals surface area contributed by atoms with Crippen LogP contribution in [0.2, 0.25) is 0 Å². The van der Waals surface area contributed by atoms with E-state index in [4.69, 9.17) is 5.73 Å². The molecule has 2 rings (SSSR count). The van der Waals surface area contributed by atoms with Crippen LogP contribution in [-0.2, 0) is 12.3 Å². The normalized spacial score (nSPS) is 10.6. The van der Waals surface area contributed by atoms with Crippen LogP contribution in [0.25, 0.3) is 0 Å². The molecule has 0 aliphatic carbocycles. The van der Waals surface area contributed by atoms with Gasteiger partial charge < -0.3 is 5.73 Å². The molecule has 2 aromatic rings. The lowest BCUT2D eigenvalue weighted by Crippen LogP contribution is -2.00. The van der Waals surface area contributed by atoms with E-state index in [1.807, 2.05) is 12.1 Å². The van der Waals surface area contributed by atoms with Crippen LogP contribution in [0.3, 0.4) is 0 Å². The first-order valence-electron chi connectivity index (χ1n) is 5.86. The predicted molar refractivity (Wildman–Crippen MR) is 75.0 cm³/mol. The summed E-state index contributed by atoms with van der Waals surface area (Å²) in [6, 6.07) is 13.3. The van der Waals surface area contributed by atoms with Gasteiger partial charge in [-0.05, 0) is 24.1 Å². The van der Waals surface area contributed by atoms with E-state index in [2.05, 4.69) is 25.1 Å². The number of rotatable bonds is 4. The van der Waals surface area contributed by atoms with Crippen molar-refractivity contribution in [2.45, 2.75) is 24.1 Å². The second-order valence-electron chi connectivity index (χ2n) is 4.21. The molecule has 0 unspecified atom stereocenters. The van der Waals surface area contributed by atoms with Gasteiger partial charge in [-0.25, -0.2) is 4.39 Å². The molecule has 3 heteroatoms. The molecule has 2 aromatic carbocycles. The first-order chi connectivity index (χ1) is 8.70. The van der Waals surface area contributed by atoms with Crippen LogP contribution >= 0.6 is 11.8 Å². The lowest BCUT2D eigenvalue weighted by molar-refractivity contribution is 0.597. The predicted octanol–water partition coefficient (Wildman–Crippen LogP) is 3.89. The van der Waals surface area contributed by atoms with E-state index in [-0.39, 0.29) is 5.82 Å². The quantitative estimate of drug-likeness (QED) is 0.845. The summed E-state index contributed by atoms with van der Waals surface area (Å²) in [4.78, 5) is 0.668. The minimum absolute atomic E-state index is 0.185. The van der Waals surface area contributed by atoms with Crippen LogP contribution in [0.4, 0.5) is 4.39 Å². The van der Waals surface area contributed by atoms with Gasteiger partial charge in [0, 0.05) is 17.2 Å². The first-order valence-corrected chi connectivity index (χ1v) is 6.85. The molecule has 0 aromatic heterocycles. The van der Waals surface area contributed by atoms with Gasteiger partial charge >= 0.3 is 0 Å². The Hall–Kier alpha value is -1.32. The van der Waals surface area contributed by atoms with Crippen LogP contribution in [-0.4, -0.2) is 0 Å². The number of hydrogen-bond donors (Lipinski definition) is 1. The molecule has 18 heavy (non-hydrogen) atoms. The Bertz CT molecular complexity index is 540. The zero-order chi connectivity index (χ0) is 13.0. The second-order valence-corrected chi connectivity index (χ2v) is 5.20. The number of hydrogen-bond acceptors (Lipinski definition) is 2. The van der Waals surface area contributed by atoms with Gasteiger partial charge in [-0.1, -0.05) is 42.0 Å². The Kier molecular flexibility index (Phi) is 4.39. The van der Waals surface area contributed by atoms with Crippen molar-refractivity contribution >= 4 is 11.8 Å². The molecule has 0 aliphatic rings. The topological polar surface area (TPSA) is 26.0 Å². The summed E-state index contributed by atoms with van der Waals surface area (Å²) in [6.45, 7) is 2.43. The Morgan fingerprint density at radius 3 is 2.67 bits per heavy atom. The number of thioether (sulfide) groups is 1. The van der Waals surface area contributed by atoms with E-state index in [0.717, 1.165) is 11.3 Å². The fourth-order valence-corrected chi connectivity index (χ4v) is 2.87. The maximum atomic E-state index is 13.7. The minimum Gasteiger partial charge on any atom is -0.326 e. The molecule has 0 heterocycles. The molecule has 0 saturated heterocycles. The van der Waals surface area contributed by atoms with Gasteiger partial charge in [0.15, 0.2) is 0 Å². The highest BCUT2D eigenvalue weighted by atomic mass is 32.2. The summed E-state index contributed by atoms with van der Waals surface area (Å²) in [5.41, 5.74) is 8.92. The third-order valence-corrected chi connectivity index (χ3v) is 3.96. The van der Waals surface area contributed by atoms with Gasteiger partial charge in [-0.2, -0.15) is 0 Å². The maximum absolute atomic E-state index is 13.7. The molecule has 0 aliphatic heterocycles. The zero-order valence-corrected chi connectivity index (χ0v) is 11.1. The SMILES string of the molecule is Cc1cccc(CSc2c(F)cccc2CN)c1. The van der Waals surface area contributed by atoms with Crippen molar-refractivity contribution in [2.24, 2.45) is 5.73 Å². The molecule has 94 valence electrons. The fraction of sp³-hybridized carbons (Fsp3) is 0.200. The molecule has 0 radical (unpaired) electrons. The Balaban J connectivity index is 2.15. The van der Waals surface area contributed by atoms with Gasteiger partial charge in [-0.15, -0.1) is 11.8 Å². The molecule has 0 atom stereocenters. The number of nitrogens with two attached hydrogens (primary N) is 1. The smallest absolute Gasteiger partial charge is 0.137 e. The molecule has 0 spiro atoms. The Morgan fingerprint density at radius 2 is 1.94 bits per heavy atom. The van der Waals surface area contributed by atoms with Gasteiger partial charge in [0.05, 0.1) is 0 Å². The van der Waals surface area contributed by atoms with Crippen LogP contribution in [0, 0.1) is 12.7 Å².